The molecule has 0 unspecified atom stereocenters. The second-order valence-electron chi connectivity index (χ2n) is 6.14. The molecule has 9 heteroatoms. The summed E-state index contributed by atoms with van der Waals surface area (Å²) in [7, 11) is 1.44. The molecular weight excluding hydrogens is 378 g/mol. The van der Waals surface area contributed by atoms with E-state index in [4.69, 9.17) is 4.74 Å². The number of benzene rings is 2. The Kier molecular flexibility index (Phi) is 6.76. The number of amides is 1. The van der Waals surface area contributed by atoms with Crippen LogP contribution in [-0.4, -0.2) is 46.1 Å². The summed E-state index contributed by atoms with van der Waals surface area (Å²) in [5.74, 6) is -1.40. The number of aromatic hydroxyl groups is 1. The predicted molar refractivity (Wildman–Crippen MR) is 104 cm³/mol. The van der Waals surface area contributed by atoms with Gasteiger partial charge in [0.15, 0.2) is 11.3 Å². The minimum Gasteiger partial charge on any atom is -0.506 e. The van der Waals surface area contributed by atoms with Crippen molar-refractivity contribution in [2.75, 3.05) is 20.2 Å². The fourth-order valence-electron chi connectivity index (χ4n) is 2.49. The Bertz CT molecular complexity index is 995. The van der Waals surface area contributed by atoms with E-state index in [2.05, 4.69) is 0 Å². The number of likely N-dealkylation sites (N-methyl/N-ethyl adjacent to an activating group) is 1. The highest BCUT2D eigenvalue weighted by Gasteiger charge is 2.24. The lowest BCUT2D eigenvalue weighted by Gasteiger charge is -2.17. The van der Waals surface area contributed by atoms with E-state index in [9.17, 15) is 30.4 Å². The van der Waals surface area contributed by atoms with E-state index in [-0.39, 0.29) is 24.3 Å². The first kappa shape index (κ1) is 21.2. The number of hydrogen-bond acceptors (Lipinski definition) is 7. The molecule has 0 bridgehead atoms. The number of nitriles is 1. The van der Waals surface area contributed by atoms with Crippen LogP contribution in [0.5, 0.6) is 11.5 Å². The van der Waals surface area contributed by atoms with Gasteiger partial charge in [0.25, 0.3) is 5.91 Å². The molecule has 0 atom stereocenters. The SMILES string of the molecule is Cc1cc(/C(O)=C(\C#N)C(=O)N(C)CCOc2ccccc2)cc([N+](=O)[O-])c1O. The van der Waals surface area contributed by atoms with Crippen LogP contribution in [0.1, 0.15) is 11.1 Å². The number of nitrogens with zero attached hydrogens (tertiary/aromatic N) is 3. The second-order valence-corrected chi connectivity index (χ2v) is 6.14. The Hall–Kier alpha value is -4.06. The third-order valence-electron chi connectivity index (χ3n) is 4.10. The van der Waals surface area contributed by atoms with Gasteiger partial charge in [-0.15, -0.1) is 0 Å². The average molecular weight is 397 g/mol. The van der Waals surface area contributed by atoms with E-state index in [0.717, 1.165) is 6.07 Å². The number of phenols is 1. The molecule has 1 amide bonds. The second kappa shape index (κ2) is 9.23. The first-order valence-electron chi connectivity index (χ1n) is 8.51. The number of phenolic OH excluding ortho intramolecular Hbond substituents is 1. The molecule has 2 aromatic carbocycles. The van der Waals surface area contributed by atoms with Crippen molar-refractivity contribution >= 4 is 17.4 Å². The number of nitro groups is 1. The molecule has 0 aliphatic carbocycles. The van der Waals surface area contributed by atoms with E-state index >= 15 is 0 Å². The predicted octanol–water partition coefficient (Wildman–Crippen LogP) is 2.94. The van der Waals surface area contributed by atoms with Crippen molar-refractivity contribution < 1.29 is 24.7 Å². The van der Waals surface area contributed by atoms with Crippen LogP contribution in [0.25, 0.3) is 5.76 Å². The van der Waals surface area contributed by atoms with E-state index in [1.54, 1.807) is 30.3 Å². The topological polar surface area (TPSA) is 137 Å². The van der Waals surface area contributed by atoms with Crippen LogP contribution < -0.4 is 4.74 Å². The van der Waals surface area contributed by atoms with Crippen molar-refractivity contribution in [1.82, 2.24) is 4.90 Å². The number of carbonyl (C=O) groups excluding carboxylic acids is 1. The van der Waals surface area contributed by atoms with Crippen LogP contribution in [0.2, 0.25) is 0 Å². The van der Waals surface area contributed by atoms with Gasteiger partial charge in [-0.05, 0) is 30.7 Å². The van der Waals surface area contributed by atoms with Gasteiger partial charge in [-0.25, -0.2) is 0 Å². The van der Waals surface area contributed by atoms with Gasteiger partial charge in [-0.2, -0.15) is 5.26 Å². The standard InChI is InChI=1S/C20H19N3O6/c1-13-10-14(11-17(18(13)24)23(27)28)19(25)16(12-21)20(26)22(2)8-9-29-15-6-4-3-5-7-15/h3-7,10-11,24-25H,8-9H2,1-2H3/b19-16-. The zero-order chi connectivity index (χ0) is 21.6. The van der Waals surface area contributed by atoms with E-state index in [0.29, 0.717) is 5.75 Å². The Balaban J connectivity index is 2.21. The molecule has 0 aromatic heterocycles. The van der Waals surface area contributed by atoms with Crippen molar-refractivity contribution in [3.05, 3.63) is 69.3 Å². The highest BCUT2D eigenvalue weighted by atomic mass is 16.6. The monoisotopic (exact) mass is 397 g/mol. The summed E-state index contributed by atoms with van der Waals surface area (Å²) < 4.78 is 5.50. The number of rotatable bonds is 7. The number of aliphatic hydroxyl groups is 1. The molecular formula is C20H19N3O6. The van der Waals surface area contributed by atoms with Crippen molar-refractivity contribution in [3.8, 4) is 17.6 Å². The molecule has 0 radical (unpaired) electrons. The Morgan fingerprint density at radius 2 is 1.97 bits per heavy atom. The Morgan fingerprint density at radius 3 is 2.55 bits per heavy atom. The lowest BCUT2D eigenvalue weighted by Crippen LogP contribution is -2.32. The fourth-order valence-corrected chi connectivity index (χ4v) is 2.49. The maximum atomic E-state index is 12.5. The van der Waals surface area contributed by atoms with Crippen LogP contribution in [-0.2, 0) is 4.79 Å². The molecule has 2 rings (SSSR count). The lowest BCUT2D eigenvalue weighted by molar-refractivity contribution is -0.385. The highest BCUT2D eigenvalue weighted by Crippen LogP contribution is 2.33. The Labute approximate surface area is 166 Å². The van der Waals surface area contributed by atoms with E-state index in [1.165, 1.54) is 24.9 Å². The molecule has 150 valence electrons. The molecule has 2 aromatic rings. The molecule has 0 aliphatic rings. The summed E-state index contributed by atoms with van der Waals surface area (Å²) in [6, 6.07) is 12.8. The number of carbonyl (C=O) groups is 1. The molecule has 0 heterocycles. The molecule has 0 spiro atoms. The molecule has 9 nitrogen and oxygen atoms in total. The first-order valence-corrected chi connectivity index (χ1v) is 8.51. The normalized spacial score (nSPS) is 11.2. The molecule has 2 N–H and O–H groups in total. The third kappa shape index (κ3) is 5.01. The summed E-state index contributed by atoms with van der Waals surface area (Å²) in [5, 5.41) is 40.6. The number of hydrogen-bond donors (Lipinski definition) is 2. The van der Waals surface area contributed by atoms with Crippen molar-refractivity contribution in [2.24, 2.45) is 0 Å². The van der Waals surface area contributed by atoms with Gasteiger partial charge >= 0.3 is 5.69 Å². The van der Waals surface area contributed by atoms with Gasteiger partial charge in [0, 0.05) is 18.7 Å². The van der Waals surface area contributed by atoms with Gasteiger partial charge in [0.2, 0.25) is 0 Å². The molecule has 0 aliphatic heterocycles. The lowest BCUT2D eigenvalue weighted by atomic mass is 10.0. The quantitative estimate of drug-likeness (QED) is 0.241. The third-order valence-corrected chi connectivity index (χ3v) is 4.10. The van der Waals surface area contributed by atoms with Crippen molar-refractivity contribution in [2.45, 2.75) is 6.92 Å². The van der Waals surface area contributed by atoms with Crippen LogP contribution >= 0.6 is 0 Å². The minimum absolute atomic E-state index is 0.120. The van der Waals surface area contributed by atoms with E-state index < -0.39 is 33.6 Å². The Morgan fingerprint density at radius 1 is 1.31 bits per heavy atom. The van der Waals surface area contributed by atoms with Gasteiger partial charge in [0.05, 0.1) is 11.5 Å². The van der Waals surface area contributed by atoms with Crippen molar-refractivity contribution in [1.29, 1.82) is 5.26 Å². The summed E-state index contributed by atoms with van der Waals surface area (Å²) in [4.78, 5) is 24.0. The largest absolute Gasteiger partial charge is 0.506 e. The molecule has 0 saturated heterocycles. The fraction of sp³-hybridized carbons (Fsp3) is 0.200. The summed E-state index contributed by atoms with van der Waals surface area (Å²) in [6.07, 6.45) is 0. The smallest absolute Gasteiger partial charge is 0.311 e. The number of aryl methyl sites for hydroxylation is 1. The van der Waals surface area contributed by atoms with Gasteiger partial charge in [0.1, 0.15) is 24.2 Å². The zero-order valence-corrected chi connectivity index (χ0v) is 15.8. The first-order chi connectivity index (χ1) is 13.8. The molecule has 0 fully saturated rings. The number of para-hydroxylation sites is 1. The van der Waals surface area contributed by atoms with Crippen LogP contribution in [0.3, 0.4) is 0 Å². The summed E-state index contributed by atoms with van der Waals surface area (Å²) in [5.41, 5.74) is -1.21. The van der Waals surface area contributed by atoms with Gasteiger partial charge in [-0.3, -0.25) is 14.9 Å². The zero-order valence-electron chi connectivity index (χ0n) is 15.8. The molecule has 0 saturated carbocycles. The highest BCUT2D eigenvalue weighted by molar-refractivity contribution is 6.03. The number of ether oxygens (including phenoxy) is 1. The van der Waals surface area contributed by atoms with Gasteiger partial charge < -0.3 is 19.8 Å². The van der Waals surface area contributed by atoms with Crippen LogP contribution in [0, 0.1) is 28.4 Å². The van der Waals surface area contributed by atoms with Crippen molar-refractivity contribution in [3.63, 3.8) is 0 Å². The minimum atomic E-state index is -0.819. The molecule has 29 heavy (non-hydrogen) atoms. The summed E-state index contributed by atoms with van der Waals surface area (Å²) >= 11 is 0. The van der Waals surface area contributed by atoms with Gasteiger partial charge in [-0.1, -0.05) is 18.2 Å². The van der Waals surface area contributed by atoms with E-state index in [1.807, 2.05) is 6.07 Å². The summed E-state index contributed by atoms with van der Waals surface area (Å²) in [6.45, 7) is 1.70. The van der Waals surface area contributed by atoms with Crippen LogP contribution in [0.4, 0.5) is 5.69 Å². The number of nitro benzene ring substituents is 1. The maximum Gasteiger partial charge on any atom is 0.311 e. The average Bonchev–Trinajstić information content (AvgIpc) is 2.70. The van der Waals surface area contributed by atoms with Crippen LogP contribution in [0.15, 0.2) is 48.0 Å². The number of aliphatic hydroxyl groups excluding tert-OH is 1. The maximum absolute atomic E-state index is 12.5.